The highest BCUT2D eigenvalue weighted by Crippen LogP contribution is 2.20. The van der Waals surface area contributed by atoms with Crippen LogP contribution in [0.1, 0.15) is 18.4 Å². The number of amides is 3. The summed E-state index contributed by atoms with van der Waals surface area (Å²) in [5, 5.41) is 11.1. The molecule has 2 aromatic carbocycles. The van der Waals surface area contributed by atoms with Crippen molar-refractivity contribution >= 4 is 50.5 Å². The van der Waals surface area contributed by atoms with Gasteiger partial charge in [0.05, 0.1) is 11.1 Å². The standard InChI is InChI=1S/C24H27ClF2N6O5S/c1-33(23(34)30-13-16-4-2-6-20(27)22(16)25)19(5-3-9-31-39(28,36)37)14-38-24(35)32-21-11-17-10-18(26)8-7-15(17)12-29-21/h2,4,6-8,10-12,19,31H,3,5,9,13-14H2,1H3,(H,30,34)(H2,28,36,37)(H,29,32,35)/t19-/m0/s1. The summed E-state index contributed by atoms with van der Waals surface area (Å²) in [6.45, 7) is -0.323. The van der Waals surface area contributed by atoms with E-state index in [2.05, 4.69) is 20.3 Å². The predicted molar refractivity (Wildman–Crippen MR) is 142 cm³/mol. The number of urea groups is 1. The molecule has 5 N–H and O–H groups in total. The van der Waals surface area contributed by atoms with E-state index >= 15 is 0 Å². The molecule has 0 spiro atoms. The number of halogens is 3. The van der Waals surface area contributed by atoms with E-state index in [9.17, 15) is 26.8 Å². The second-order valence-corrected chi connectivity index (χ2v) is 10.3. The number of carbonyl (C=O) groups excluding carboxylic acids is 2. The van der Waals surface area contributed by atoms with Crippen molar-refractivity contribution < 1.29 is 31.5 Å². The number of rotatable bonds is 11. The van der Waals surface area contributed by atoms with Crippen LogP contribution >= 0.6 is 11.6 Å². The Labute approximate surface area is 228 Å². The molecule has 0 aliphatic carbocycles. The lowest BCUT2D eigenvalue weighted by atomic mass is 10.1. The van der Waals surface area contributed by atoms with E-state index in [1.165, 1.54) is 48.5 Å². The molecule has 0 unspecified atom stereocenters. The molecule has 1 heterocycles. The number of benzene rings is 2. The van der Waals surface area contributed by atoms with Gasteiger partial charge in [0, 0.05) is 31.7 Å². The molecule has 0 aliphatic heterocycles. The molecule has 3 rings (SSSR count). The van der Waals surface area contributed by atoms with Gasteiger partial charge in [-0.15, -0.1) is 0 Å². The number of anilines is 1. The van der Waals surface area contributed by atoms with Crippen molar-refractivity contribution in [1.29, 1.82) is 0 Å². The van der Waals surface area contributed by atoms with Crippen molar-refractivity contribution in [3.05, 3.63) is 70.9 Å². The highest BCUT2D eigenvalue weighted by Gasteiger charge is 2.22. The Morgan fingerprint density at radius 3 is 2.69 bits per heavy atom. The van der Waals surface area contributed by atoms with Gasteiger partial charge in [0.1, 0.15) is 24.1 Å². The van der Waals surface area contributed by atoms with Crippen LogP contribution in [0.2, 0.25) is 5.02 Å². The van der Waals surface area contributed by atoms with Gasteiger partial charge in [0.15, 0.2) is 0 Å². The van der Waals surface area contributed by atoms with Crippen molar-refractivity contribution in [2.45, 2.75) is 25.4 Å². The van der Waals surface area contributed by atoms with E-state index in [0.29, 0.717) is 16.3 Å². The summed E-state index contributed by atoms with van der Waals surface area (Å²) in [6.07, 6.45) is 1.09. The molecule has 1 atom stereocenters. The summed E-state index contributed by atoms with van der Waals surface area (Å²) in [5.74, 6) is -0.935. The molecular formula is C24H27ClF2N6O5S. The van der Waals surface area contributed by atoms with Crippen molar-refractivity contribution in [1.82, 2.24) is 19.9 Å². The van der Waals surface area contributed by atoms with E-state index in [0.717, 1.165) is 0 Å². The molecule has 3 amide bonds. The average Bonchev–Trinajstić information content (AvgIpc) is 2.87. The Hall–Kier alpha value is -3.59. The van der Waals surface area contributed by atoms with Gasteiger partial charge in [-0.3, -0.25) is 5.32 Å². The molecule has 3 aromatic rings. The fraction of sp³-hybridized carbons (Fsp3) is 0.292. The lowest BCUT2D eigenvalue weighted by molar-refractivity contribution is 0.113. The Balaban J connectivity index is 1.61. The van der Waals surface area contributed by atoms with Gasteiger partial charge in [-0.1, -0.05) is 23.7 Å². The molecule has 0 radical (unpaired) electrons. The largest absolute Gasteiger partial charge is 0.447 e. The number of hydrogen-bond acceptors (Lipinski definition) is 6. The zero-order chi connectivity index (χ0) is 28.6. The Bertz CT molecular complexity index is 1450. The van der Waals surface area contributed by atoms with Crippen molar-refractivity contribution in [2.75, 3.05) is 25.5 Å². The highest BCUT2D eigenvalue weighted by molar-refractivity contribution is 7.87. The topological polar surface area (TPSA) is 156 Å². The fourth-order valence-electron chi connectivity index (χ4n) is 3.58. The molecule has 11 nitrogen and oxygen atoms in total. The quantitative estimate of drug-likeness (QED) is 0.253. The fourth-order valence-corrected chi connectivity index (χ4v) is 4.20. The smallest absolute Gasteiger partial charge is 0.412 e. The van der Waals surface area contributed by atoms with E-state index < -0.39 is 40.0 Å². The maximum absolute atomic E-state index is 13.7. The maximum Gasteiger partial charge on any atom is 0.412 e. The minimum atomic E-state index is -3.90. The summed E-state index contributed by atoms with van der Waals surface area (Å²) in [4.78, 5) is 30.6. The van der Waals surface area contributed by atoms with Crippen LogP contribution in [0.25, 0.3) is 10.8 Å². The number of aromatic nitrogens is 1. The van der Waals surface area contributed by atoms with Crippen molar-refractivity contribution in [3.63, 3.8) is 0 Å². The lowest BCUT2D eigenvalue weighted by Crippen LogP contribution is -2.46. The number of nitrogens with two attached hydrogens (primary N) is 1. The van der Waals surface area contributed by atoms with Gasteiger partial charge < -0.3 is 15.0 Å². The number of ether oxygens (including phenoxy) is 1. The summed E-state index contributed by atoms with van der Waals surface area (Å²) >= 11 is 5.94. The second kappa shape index (κ2) is 13.5. The Morgan fingerprint density at radius 2 is 1.95 bits per heavy atom. The first-order valence-electron chi connectivity index (χ1n) is 11.6. The van der Waals surface area contributed by atoms with Crippen LogP contribution in [0.3, 0.4) is 0 Å². The first-order chi connectivity index (χ1) is 18.4. The zero-order valence-corrected chi connectivity index (χ0v) is 22.4. The van der Waals surface area contributed by atoms with Gasteiger partial charge >= 0.3 is 12.1 Å². The monoisotopic (exact) mass is 584 g/mol. The van der Waals surface area contributed by atoms with Crippen LogP contribution in [0, 0.1) is 11.6 Å². The number of carbonyl (C=O) groups is 2. The Kier molecular flexibility index (Phi) is 10.3. The van der Waals surface area contributed by atoms with E-state index in [-0.39, 0.29) is 43.4 Å². The van der Waals surface area contributed by atoms with Crippen LogP contribution < -0.4 is 20.5 Å². The summed E-state index contributed by atoms with van der Waals surface area (Å²) < 4.78 is 56.9. The zero-order valence-electron chi connectivity index (χ0n) is 20.8. The van der Waals surface area contributed by atoms with Gasteiger partial charge in [-0.05, 0) is 54.1 Å². The number of nitrogens with zero attached hydrogens (tertiary/aromatic N) is 2. The number of pyridine rings is 1. The number of likely N-dealkylation sites (N-methyl/N-ethyl adjacent to an activating group) is 1. The van der Waals surface area contributed by atoms with Gasteiger partial charge in [0.2, 0.25) is 0 Å². The number of fused-ring (bicyclic) bond motifs is 1. The minimum absolute atomic E-state index is 0.00649. The van der Waals surface area contributed by atoms with Crippen molar-refractivity contribution in [2.24, 2.45) is 5.14 Å². The third-order valence-corrected chi connectivity index (χ3v) is 6.70. The molecule has 210 valence electrons. The molecule has 1 aromatic heterocycles. The van der Waals surface area contributed by atoms with E-state index in [1.54, 1.807) is 12.1 Å². The van der Waals surface area contributed by atoms with Gasteiger partial charge in [-0.2, -0.15) is 8.42 Å². The van der Waals surface area contributed by atoms with Crippen LogP contribution in [-0.2, 0) is 21.5 Å². The molecule has 0 bridgehead atoms. The summed E-state index contributed by atoms with van der Waals surface area (Å²) in [6, 6.07) is 8.59. The second-order valence-electron chi connectivity index (χ2n) is 8.50. The van der Waals surface area contributed by atoms with Gasteiger partial charge in [0.25, 0.3) is 10.2 Å². The van der Waals surface area contributed by atoms with Crippen LogP contribution in [0.4, 0.5) is 24.2 Å². The molecule has 0 saturated carbocycles. The molecule has 0 saturated heterocycles. The van der Waals surface area contributed by atoms with E-state index in [4.69, 9.17) is 21.5 Å². The minimum Gasteiger partial charge on any atom is -0.447 e. The first kappa shape index (κ1) is 30.0. The number of nitrogens with one attached hydrogen (secondary N) is 3. The number of hydrogen-bond donors (Lipinski definition) is 4. The normalized spacial score (nSPS) is 12.1. The summed E-state index contributed by atoms with van der Waals surface area (Å²) in [7, 11) is -2.44. The lowest BCUT2D eigenvalue weighted by Gasteiger charge is -2.28. The Morgan fingerprint density at radius 1 is 1.18 bits per heavy atom. The van der Waals surface area contributed by atoms with Crippen LogP contribution in [0.15, 0.2) is 48.7 Å². The molecule has 0 aliphatic rings. The summed E-state index contributed by atoms with van der Waals surface area (Å²) in [5.41, 5.74) is 0.366. The van der Waals surface area contributed by atoms with Crippen molar-refractivity contribution in [3.8, 4) is 0 Å². The molecule has 15 heteroatoms. The third kappa shape index (κ3) is 9.28. The SMILES string of the molecule is CN(C(=O)NCc1cccc(F)c1Cl)[C@@H](CCCNS(N)(=O)=O)COC(=O)Nc1cc2cc(F)ccc2cn1. The maximum atomic E-state index is 13.7. The average molecular weight is 585 g/mol. The van der Waals surface area contributed by atoms with Crippen LogP contribution in [0.5, 0.6) is 0 Å². The van der Waals surface area contributed by atoms with Crippen LogP contribution in [-0.4, -0.2) is 56.7 Å². The highest BCUT2D eigenvalue weighted by atomic mass is 35.5. The molecule has 39 heavy (non-hydrogen) atoms. The van der Waals surface area contributed by atoms with E-state index in [1.807, 2.05) is 0 Å². The predicted octanol–water partition coefficient (Wildman–Crippen LogP) is 3.50. The molecule has 0 fully saturated rings. The first-order valence-corrected chi connectivity index (χ1v) is 13.6. The molecular weight excluding hydrogens is 558 g/mol. The third-order valence-electron chi connectivity index (χ3n) is 5.67. The van der Waals surface area contributed by atoms with Gasteiger partial charge in [-0.25, -0.2) is 33.2 Å².